The molecule has 1 amide bonds. The average molecular weight is 410 g/mol. The van der Waals surface area contributed by atoms with Crippen molar-refractivity contribution in [2.45, 2.75) is 6.54 Å². The van der Waals surface area contributed by atoms with Gasteiger partial charge in [-0.1, -0.05) is 6.07 Å². The maximum absolute atomic E-state index is 13.7. The van der Waals surface area contributed by atoms with Crippen molar-refractivity contribution in [1.29, 1.82) is 0 Å². The summed E-state index contributed by atoms with van der Waals surface area (Å²) >= 11 is 0. The highest BCUT2D eigenvalue weighted by atomic mass is 19.1. The van der Waals surface area contributed by atoms with Crippen LogP contribution in [0, 0.1) is 11.6 Å². The number of halogens is 2. The highest BCUT2D eigenvalue weighted by Crippen LogP contribution is 2.28. The Morgan fingerprint density at radius 1 is 1.10 bits per heavy atom. The number of hydrogen-bond donors (Lipinski definition) is 2. The molecule has 0 fully saturated rings. The van der Waals surface area contributed by atoms with Crippen molar-refractivity contribution in [3.63, 3.8) is 0 Å². The van der Waals surface area contributed by atoms with E-state index in [1.165, 1.54) is 37.5 Å². The number of pyridine rings is 1. The van der Waals surface area contributed by atoms with Gasteiger partial charge < -0.3 is 19.8 Å². The van der Waals surface area contributed by atoms with Crippen LogP contribution >= 0.6 is 0 Å². The Bertz CT molecular complexity index is 1210. The average Bonchev–Trinajstić information content (AvgIpc) is 3.15. The molecule has 0 saturated carbocycles. The van der Waals surface area contributed by atoms with Crippen LogP contribution < -0.4 is 15.4 Å². The van der Waals surface area contributed by atoms with E-state index in [9.17, 15) is 13.6 Å². The summed E-state index contributed by atoms with van der Waals surface area (Å²) < 4.78 is 38.9. The fourth-order valence-corrected chi connectivity index (χ4v) is 2.77. The second-order valence-electron chi connectivity index (χ2n) is 6.26. The molecular weight excluding hydrogens is 394 g/mol. The van der Waals surface area contributed by atoms with Gasteiger partial charge in [-0.25, -0.2) is 8.78 Å². The predicted molar refractivity (Wildman–Crippen MR) is 105 cm³/mol. The van der Waals surface area contributed by atoms with Gasteiger partial charge in [0.25, 0.3) is 11.9 Å². The molecular formula is C21H16F2N4O3. The molecule has 0 aliphatic heterocycles. The van der Waals surface area contributed by atoms with E-state index >= 15 is 0 Å². The molecule has 0 aliphatic rings. The van der Waals surface area contributed by atoms with Crippen LogP contribution in [0.5, 0.6) is 11.5 Å². The van der Waals surface area contributed by atoms with Crippen molar-refractivity contribution < 1.29 is 22.7 Å². The van der Waals surface area contributed by atoms with Gasteiger partial charge in [0.2, 0.25) is 0 Å². The van der Waals surface area contributed by atoms with Crippen LogP contribution in [-0.4, -0.2) is 22.9 Å². The van der Waals surface area contributed by atoms with E-state index in [4.69, 9.17) is 9.15 Å². The zero-order valence-corrected chi connectivity index (χ0v) is 15.8. The third-order valence-electron chi connectivity index (χ3n) is 4.26. The first-order chi connectivity index (χ1) is 14.5. The highest BCUT2D eigenvalue weighted by Gasteiger charge is 2.12. The van der Waals surface area contributed by atoms with Gasteiger partial charge in [0.05, 0.1) is 6.54 Å². The Kier molecular flexibility index (Phi) is 5.25. The molecule has 4 rings (SSSR count). The standard InChI is InChI=1S/C21H16F2N4O3/c1-24-20(28)18-9-13(7-8-25-18)29-12-5-6-17-19(10-12)30-21(27-17)26-11-14-15(22)3-2-4-16(14)23/h2-10H,11H2,1H3,(H,24,28)(H,26,27). The fourth-order valence-electron chi connectivity index (χ4n) is 2.77. The van der Waals surface area contributed by atoms with Crippen LogP contribution in [0.1, 0.15) is 16.1 Å². The molecule has 0 bridgehead atoms. The normalized spacial score (nSPS) is 10.8. The van der Waals surface area contributed by atoms with Gasteiger partial charge in [0.15, 0.2) is 5.58 Å². The molecule has 0 atom stereocenters. The second-order valence-corrected chi connectivity index (χ2v) is 6.26. The lowest BCUT2D eigenvalue weighted by atomic mass is 10.2. The van der Waals surface area contributed by atoms with Gasteiger partial charge in [-0.05, 0) is 30.3 Å². The molecule has 2 N–H and O–H groups in total. The minimum absolute atomic E-state index is 0.103. The van der Waals surface area contributed by atoms with Crippen LogP contribution in [-0.2, 0) is 6.54 Å². The number of fused-ring (bicyclic) bond motifs is 1. The number of ether oxygens (including phenoxy) is 1. The summed E-state index contributed by atoms with van der Waals surface area (Å²) in [5, 5.41) is 5.27. The molecule has 0 aliphatic carbocycles. The van der Waals surface area contributed by atoms with Crippen molar-refractivity contribution in [2.75, 3.05) is 12.4 Å². The number of amides is 1. The summed E-state index contributed by atoms with van der Waals surface area (Å²) in [4.78, 5) is 19.9. The van der Waals surface area contributed by atoms with Crippen molar-refractivity contribution in [3.8, 4) is 11.5 Å². The first kappa shape index (κ1) is 19.3. The van der Waals surface area contributed by atoms with Crippen molar-refractivity contribution >= 4 is 23.0 Å². The zero-order chi connectivity index (χ0) is 21.1. The number of carbonyl (C=O) groups excluding carboxylic acids is 1. The van der Waals surface area contributed by atoms with Gasteiger partial charge in [-0.2, -0.15) is 4.98 Å². The number of benzene rings is 2. The van der Waals surface area contributed by atoms with Crippen molar-refractivity contribution in [1.82, 2.24) is 15.3 Å². The van der Waals surface area contributed by atoms with E-state index in [0.717, 1.165) is 0 Å². The minimum Gasteiger partial charge on any atom is -0.457 e. The van der Waals surface area contributed by atoms with Crippen LogP contribution in [0.15, 0.2) is 59.1 Å². The van der Waals surface area contributed by atoms with E-state index in [2.05, 4.69) is 20.6 Å². The number of nitrogens with zero attached hydrogens (tertiary/aromatic N) is 2. The number of anilines is 1. The monoisotopic (exact) mass is 410 g/mol. The Morgan fingerprint density at radius 2 is 1.87 bits per heavy atom. The number of aromatic nitrogens is 2. The van der Waals surface area contributed by atoms with E-state index < -0.39 is 11.6 Å². The minimum atomic E-state index is -0.650. The first-order valence-electron chi connectivity index (χ1n) is 8.97. The summed E-state index contributed by atoms with van der Waals surface area (Å²) in [6.45, 7) is -0.117. The summed E-state index contributed by atoms with van der Waals surface area (Å²) in [5.41, 5.74) is 1.08. The molecule has 152 valence electrons. The molecule has 30 heavy (non-hydrogen) atoms. The van der Waals surface area contributed by atoms with E-state index in [1.807, 2.05) is 0 Å². The molecule has 7 nitrogen and oxygen atoms in total. The van der Waals surface area contributed by atoms with Crippen LogP contribution in [0.2, 0.25) is 0 Å². The Balaban J connectivity index is 1.51. The van der Waals surface area contributed by atoms with Crippen LogP contribution in [0.25, 0.3) is 11.1 Å². The van der Waals surface area contributed by atoms with E-state index in [0.29, 0.717) is 22.6 Å². The zero-order valence-electron chi connectivity index (χ0n) is 15.8. The van der Waals surface area contributed by atoms with Crippen LogP contribution in [0.4, 0.5) is 14.8 Å². The Morgan fingerprint density at radius 3 is 2.63 bits per heavy atom. The largest absolute Gasteiger partial charge is 0.457 e. The molecule has 0 unspecified atom stereocenters. The molecule has 2 aromatic carbocycles. The maximum Gasteiger partial charge on any atom is 0.295 e. The van der Waals surface area contributed by atoms with Gasteiger partial charge in [-0.15, -0.1) is 0 Å². The van der Waals surface area contributed by atoms with Gasteiger partial charge in [0.1, 0.15) is 34.3 Å². The smallest absolute Gasteiger partial charge is 0.295 e. The van der Waals surface area contributed by atoms with E-state index in [1.54, 1.807) is 24.3 Å². The molecule has 0 saturated heterocycles. The number of rotatable bonds is 6. The number of carbonyl (C=O) groups is 1. The number of nitrogens with one attached hydrogen (secondary N) is 2. The second kappa shape index (κ2) is 8.16. The molecule has 9 heteroatoms. The van der Waals surface area contributed by atoms with Crippen molar-refractivity contribution in [2.24, 2.45) is 0 Å². The summed E-state index contributed by atoms with van der Waals surface area (Å²) in [7, 11) is 1.52. The third-order valence-corrected chi connectivity index (χ3v) is 4.26. The fraction of sp³-hybridized carbons (Fsp3) is 0.0952. The quantitative estimate of drug-likeness (QED) is 0.494. The summed E-state index contributed by atoms with van der Waals surface area (Å²) in [5.74, 6) is -0.742. The molecule has 0 spiro atoms. The van der Waals surface area contributed by atoms with E-state index in [-0.39, 0.29) is 29.7 Å². The molecule has 4 aromatic rings. The third kappa shape index (κ3) is 4.04. The molecule has 2 aromatic heterocycles. The number of oxazole rings is 1. The highest BCUT2D eigenvalue weighted by molar-refractivity contribution is 5.92. The van der Waals surface area contributed by atoms with Gasteiger partial charge in [-0.3, -0.25) is 9.78 Å². The lowest BCUT2D eigenvalue weighted by Gasteiger charge is -2.06. The molecule has 0 radical (unpaired) electrons. The lowest BCUT2D eigenvalue weighted by molar-refractivity contribution is 0.0958. The van der Waals surface area contributed by atoms with Crippen LogP contribution in [0.3, 0.4) is 0 Å². The topological polar surface area (TPSA) is 89.3 Å². The Hall–Kier alpha value is -4.01. The Labute approximate surface area is 169 Å². The summed E-state index contributed by atoms with van der Waals surface area (Å²) in [6, 6.07) is 11.9. The molecule has 2 heterocycles. The SMILES string of the molecule is CNC(=O)c1cc(Oc2ccc3nc(NCc4c(F)cccc4F)oc3c2)ccn1. The maximum atomic E-state index is 13.7. The van der Waals surface area contributed by atoms with Crippen molar-refractivity contribution in [3.05, 3.63) is 77.6 Å². The summed E-state index contributed by atoms with van der Waals surface area (Å²) in [6.07, 6.45) is 1.47. The predicted octanol–water partition coefficient (Wildman–Crippen LogP) is 4.27. The first-order valence-corrected chi connectivity index (χ1v) is 8.97. The number of hydrogen-bond acceptors (Lipinski definition) is 6. The van der Waals surface area contributed by atoms with Gasteiger partial charge >= 0.3 is 0 Å². The lowest BCUT2D eigenvalue weighted by Crippen LogP contribution is -2.18. The van der Waals surface area contributed by atoms with Gasteiger partial charge in [0, 0.05) is 30.9 Å².